The van der Waals surface area contributed by atoms with Gasteiger partial charge in [-0.25, -0.2) is 4.79 Å². The molecule has 0 N–H and O–H groups in total. The van der Waals surface area contributed by atoms with Crippen molar-refractivity contribution in [2.24, 2.45) is 5.92 Å². The summed E-state index contributed by atoms with van der Waals surface area (Å²) in [4.78, 5) is 14.2. The minimum atomic E-state index is -0.498. The van der Waals surface area contributed by atoms with E-state index >= 15 is 0 Å². The van der Waals surface area contributed by atoms with Crippen LogP contribution in [0.15, 0.2) is 18.2 Å². The highest BCUT2D eigenvalue weighted by atomic mass is 16.7. The molecular formula is C24H38BNO6. The first-order chi connectivity index (χ1) is 14.8. The van der Waals surface area contributed by atoms with E-state index in [2.05, 4.69) is 0 Å². The number of rotatable bonds is 5. The lowest BCUT2D eigenvalue weighted by Gasteiger charge is -2.34. The lowest BCUT2D eigenvalue weighted by molar-refractivity contribution is 0.00578. The zero-order chi connectivity index (χ0) is 23.7. The predicted octanol–water partition coefficient (Wildman–Crippen LogP) is 4.02. The normalized spacial score (nSPS) is 22.6. The number of carbonyl (C=O) groups is 1. The van der Waals surface area contributed by atoms with Crippen LogP contribution in [-0.4, -0.2) is 61.7 Å². The molecule has 1 amide bonds. The van der Waals surface area contributed by atoms with Crippen molar-refractivity contribution in [2.45, 2.75) is 78.1 Å². The first-order valence-electron chi connectivity index (χ1n) is 11.5. The van der Waals surface area contributed by atoms with Crippen LogP contribution in [-0.2, 0) is 14.0 Å². The summed E-state index contributed by atoms with van der Waals surface area (Å²) in [7, 11) is 1.16. The van der Waals surface area contributed by atoms with Crippen molar-refractivity contribution in [3.8, 4) is 11.5 Å². The van der Waals surface area contributed by atoms with E-state index in [1.165, 1.54) is 0 Å². The van der Waals surface area contributed by atoms with Crippen LogP contribution in [0.5, 0.6) is 11.5 Å². The third kappa shape index (κ3) is 5.70. The quantitative estimate of drug-likeness (QED) is 0.636. The van der Waals surface area contributed by atoms with Gasteiger partial charge in [-0.05, 0) is 78.9 Å². The van der Waals surface area contributed by atoms with Crippen LogP contribution in [0.4, 0.5) is 4.79 Å². The van der Waals surface area contributed by atoms with Crippen LogP contribution >= 0.6 is 0 Å². The number of piperidine rings is 1. The molecule has 0 aliphatic carbocycles. The van der Waals surface area contributed by atoms with Crippen LogP contribution in [0, 0.1) is 5.92 Å². The van der Waals surface area contributed by atoms with Gasteiger partial charge in [-0.15, -0.1) is 0 Å². The number of ether oxygens (including phenoxy) is 3. The lowest BCUT2D eigenvalue weighted by atomic mass is 9.79. The number of likely N-dealkylation sites (tertiary alicyclic amines) is 1. The third-order valence-electron chi connectivity index (χ3n) is 6.36. The topological polar surface area (TPSA) is 66.5 Å². The fourth-order valence-corrected chi connectivity index (χ4v) is 3.83. The predicted molar refractivity (Wildman–Crippen MR) is 125 cm³/mol. The maximum absolute atomic E-state index is 12.4. The molecule has 8 heteroatoms. The Hall–Kier alpha value is -1.93. The summed E-state index contributed by atoms with van der Waals surface area (Å²) in [5, 5.41) is 0. The van der Waals surface area contributed by atoms with Crippen molar-refractivity contribution in [1.29, 1.82) is 0 Å². The molecule has 1 aromatic carbocycles. The van der Waals surface area contributed by atoms with Crippen molar-refractivity contribution in [3.63, 3.8) is 0 Å². The molecule has 0 radical (unpaired) electrons. The number of hydrogen-bond donors (Lipinski definition) is 0. The fraction of sp³-hybridized carbons (Fsp3) is 0.708. The Morgan fingerprint density at radius 1 is 1.16 bits per heavy atom. The molecule has 0 aromatic heterocycles. The summed E-state index contributed by atoms with van der Waals surface area (Å²) >= 11 is 0. The molecular weight excluding hydrogens is 409 g/mol. The van der Waals surface area contributed by atoms with E-state index in [1.54, 1.807) is 12.0 Å². The second kappa shape index (κ2) is 9.14. The molecule has 1 aromatic rings. The fourth-order valence-electron chi connectivity index (χ4n) is 3.83. The highest BCUT2D eigenvalue weighted by Gasteiger charge is 2.51. The van der Waals surface area contributed by atoms with Gasteiger partial charge in [-0.1, -0.05) is 6.07 Å². The number of amides is 1. The van der Waals surface area contributed by atoms with E-state index in [-0.39, 0.29) is 12.0 Å². The summed E-state index contributed by atoms with van der Waals surface area (Å²) in [6.45, 7) is 15.6. The summed E-state index contributed by atoms with van der Waals surface area (Å²) in [5.41, 5.74) is -0.432. The average molecular weight is 447 g/mol. The molecule has 3 rings (SSSR count). The molecule has 2 aliphatic rings. The molecule has 32 heavy (non-hydrogen) atoms. The van der Waals surface area contributed by atoms with E-state index in [0.717, 1.165) is 18.3 Å². The van der Waals surface area contributed by atoms with Crippen LogP contribution < -0.4 is 14.9 Å². The highest BCUT2D eigenvalue weighted by Crippen LogP contribution is 2.37. The van der Waals surface area contributed by atoms with Gasteiger partial charge in [0.25, 0.3) is 0 Å². The largest absolute Gasteiger partial charge is 0.494 e. The first-order valence-corrected chi connectivity index (χ1v) is 11.5. The smallest absolute Gasteiger partial charge is 0.493 e. The maximum atomic E-state index is 12.4. The third-order valence-corrected chi connectivity index (χ3v) is 6.36. The van der Waals surface area contributed by atoms with Crippen LogP contribution in [0.1, 0.15) is 61.3 Å². The maximum Gasteiger partial charge on any atom is 0.494 e. The van der Waals surface area contributed by atoms with Crippen molar-refractivity contribution in [1.82, 2.24) is 4.90 Å². The summed E-state index contributed by atoms with van der Waals surface area (Å²) in [5.74, 6) is 1.53. The van der Waals surface area contributed by atoms with Crippen molar-refractivity contribution in [2.75, 3.05) is 26.8 Å². The van der Waals surface area contributed by atoms with Gasteiger partial charge < -0.3 is 28.4 Å². The Labute approximate surface area is 192 Å². The van der Waals surface area contributed by atoms with Gasteiger partial charge in [0.1, 0.15) is 5.60 Å². The van der Waals surface area contributed by atoms with Gasteiger partial charge in [-0.2, -0.15) is 0 Å². The Balaban J connectivity index is 1.66. The van der Waals surface area contributed by atoms with E-state index in [4.69, 9.17) is 23.5 Å². The number of methoxy groups -OCH3 is 1. The zero-order valence-corrected chi connectivity index (χ0v) is 20.8. The van der Waals surface area contributed by atoms with Gasteiger partial charge >= 0.3 is 13.2 Å². The summed E-state index contributed by atoms with van der Waals surface area (Å²) in [6.07, 6.45) is 1.67. The van der Waals surface area contributed by atoms with E-state index < -0.39 is 23.9 Å². The zero-order valence-electron chi connectivity index (χ0n) is 20.8. The molecule has 2 aliphatic heterocycles. The van der Waals surface area contributed by atoms with Gasteiger partial charge in [-0.3, -0.25) is 0 Å². The Morgan fingerprint density at radius 3 is 2.41 bits per heavy atom. The molecule has 1 atom stereocenters. The second-order valence-electron chi connectivity index (χ2n) is 10.7. The highest BCUT2D eigenvalue weighted by molar-refractivity contribution is 6.62. The van der Waals surface area contributed by atoms with Gasteiger partial charge in [0, 0.05) is 19.0 Å². The SMILES string of the molecule is COc1ccc(B2OC(C)(C)C(C)(C)O2)cc1OC[C@@H]1CCCN(C(=O)OC(C)(C)C)C1. The molecule has 0 bridgehead atoms. The first kappa shape index (κ1) is 24.7. The molecule has 0 unspecified atom stereocenters. The lowest BCUT2D eigenvalue weighted by Crippen LogP contribution is -2.44. The standard InChI is InChI=1S/C24H38BNO6/c1-22(2,3)30-21(27)26-13-9-10-17(15-26)16-29-20-14-18(11-12-19(20)28-8)25-31-23(4,5)24(6,7)32-25/h11-12,14,17H,9-10,13,15-16H2,1-8H3/t17-/m1/s1. The molecule has 2 saturated heterocycles. The molecule has 0 saturated carbocycles. The summed E-state index contributed by atoms with van der Waals surface area (Å²) < 4.78 is 29.6. The summed E-state index contributed by atoms with van der Waals surface area (Å²) in [6, 6.07) is 5.75. The molecule has 178 valence electrons. The number of hydrogen-bond acceptors (Lipinski definition) is 6. The van der Waals surface area contributed by atoms with Crippen LogP contribution in [0.2, 0.25) is 0 Å². The molecule has 2 heterocycles. The minimum absolute atomic E-state index is 0.224. The Bertz CT molecular complexity index is 803. The Morgan fingerprint density at radius 2 is 1.81 bits per heavy atom. The van der Waals surface area contributed by atoms with E-state index in [9.17, 15) is 4.79 Å². The van der Waals surface area contributed by atoms with E-state index in [0.29, 0.717) is 31.2 Å². The van der Waals surface area contributed by atoms with E-state index in [1.807, 2.05) is 66.7 Å². The number of nitrogens with zero attached hydrogens (tertiary/aromatic N) is 1. The Kier molecular flexibility index (Phi) is 7.06. The average Bonchev–Trinajstić information content (AvgIpc) is 2.92. The monoisotopic (exact) mass is 447 g/mol. The van der Waals surface area contributed by atoms with Gasteiger partial charge in [0.2, 0.25) is 0 Å². The second-order valence-corrected chi connectivity index (χ2v) is 10.7. The van der Waals surface area contributed by atoms with Gasteiger partial charge in [0.05, 0.1) is 24.9 Å². The van der Waals surface area contributed by atoms with Crippen LogP contribution in [0.3, 0.4) is 0 Å². The molecule has 7 nitrogen and oxygen atoms in total. The van der Waals surface area contributed by atoms with Crippen molar-refractivity contribution in [3.05, 3.63) is 18.2 Å². The molecule has 2 fully saturated rings. The van der Waals surface area contributed by atoms with Crippen LogP contribution in [0.25, 0.3) is 0 Å². The minimum Gasteiger partial charge on any atom is -0.493 e. The number of carbonyl (C=O) groups excluding carboxylic acids is 1. The molecule has 0 spiro atoms. The van der Waals surface area contributed by atoms with Gasteiger partial charge in [0.15, 0.2) is 11.5 Å². The number of benzene rings is 1. The van der Waals surface area contributed by atoms with Crippen molar-refractivity contribution < 1.29 is 28.3 Å². The van der Waals surface area contributed by atoms with Crippen molar-refractivity contribution >= 4 is 18.7 Å².